The lowest BCUT2D eigenvalue weighted by Gasteiger charge is -2.24. The van der Waals surface area contributed by atoms with Crippen LogP contribution in [-0.4, -0.2) is 39.0 Å². The van der Waals surface area contributed by atoms with Gasteiger partial charge < -0.3 is 5.73 Å². The van der Waals surface area contributed by atoms with Crippen LogP contribution < -0.4 is 10.5 Å². The molecule has 1 saturated carbocycles. The Labute approximate surface area is 132 Å². The molecule has 5 nitrogen and oxygen atoms in total. The number of nitrogens with zero attached hydrogens (tertiary/aromatic N) is 1. The maximum Gasteiger partial charge on any atom is 0.242 e. The van der Waals surface area contributed by atoms with Crippen LogP contribution in [0.2, 0.25) is 0 Å². The Kier molecular flexibility index (Phi) is 4.92. The molecule has 21 heavy (non-hydrogen) atoms. The van der Waals surface area contributed by atoms with E-state index in [1.807, 2.05) is 14.0 Å². The van der Waals surface area contributed by atoms with Crippen molar-refractivity contribution in [2.24, 2.45) is 0 Å². The molecule has 0 radical (unpaired) electrons. The van der Waals surface area contributed by atoms with Crippen LogP contribution in [0.5, 0.6) is 0 Å². The molecular weight excluding hydrogens is 361 g/mol. The quantitative estimate of drug-likeness (QED) is 0.740. The first-order valence-electron chi connectivity index (χ1n) is 6.68. The van der Waals surface area contributed by atoms with E-state index in [4.69, 9.17) is 5.73 Å². The van der Waals surface area contributed by atoms with E-state index in [2.05, 4.69) is 25.6 Å². The van der Waals surface area contributed by atoms with E-state index in [0.29, 0.717) is 6.04 Å². The van der Waals surface area contributed by atoms with Crippen molar-refractivity contribution in [1.29, 1.82) is 0 Å². The molecule has 0 aliphatic heterocycles. The molecule has 1 atom stereocenters. The van der Waals surface area contributed by atoms with Crippen molar-refractivity contribution in [2.75, 3.05) is 19.3 Å². The Bertz CT molecular complexity index is 635. The number of hydrogen-bond acceptors (Lipinski definition) is 4. The van der Waals surface area contributed by atoms with Gasteiger partial charge in [-0.15, -0.1) is 0 Å². The summed E-state index contributed by atoms with van der Waals surface area (Å²) >= 11 is 2.97. The highest BCUT2D eigenvalue weighted by atomic mass is 79.9. The van der Waals surface area contributed by atoms with E-state index in [0.717, 1.165) is 18.9 Å². The van der Waals surface area contributed by atoms with Crippen molar-refractivity contribution in [3.63, 3.8) is 0 Å². The van der Waals surface area contributed by atoms with Gasteiger partial charge in [0.2, 0.25) is 10.0 Å². The Morgan fingerprint density at radius 1 is 1.52 bits per heavy atom. The Hall–Kier alpha value is -0.700. The lowest BCUT2D eigenvalue weighted by Crippen LogP contribution is -2.41. The monoisotopic (exact) mass is 379 g/mol. The predicted molar refractivity (Wildman–Crippen MR) is 83.9 cm³/mol. The van der Waals surface area contributed by atoms with Gasteiger partial charge in [-0.2, -0.15) is 0 Å². The van der Waals surface area contributed by atoms with E-state index in [-0.39, 0.29) is 27.6 Å². The van der Waals surface area contributed by atoms with Gasteiger partial charge in [0.1, 0.15) is 10.7 Å². The van der Waals surface area contributed by atoms with Crippen molar-refractivity contribution in [3.05, 3.63) is 22.4 Å². The molecule has 0 aromatic heterocycles. The summed E-state index contributed by atoms with van der Waals surface area (Å²) in [6.45, 7) is 2.24. The number of hydrogen-bond donors (Lipinski definition) is 2. The standard InChI is InChI=1S/C13H19BrFN3O2S/c1-8(18(2)9-3-4-9)7-17-21(19,20)13-5-10(14)11(15)6-12(13)16/h5-6,8-9,17H,3-4,7,16H2,1-2H3. The lowest BCUT2D eigenvalue weighted by molar-refractivity contribution is 0.248. The lowest BCUT2D eigenvalue weighted by atomic mass is 10.3. The van der Waals surface area contributed by atoms with Crippen LogP contribution in [-0.2, 0) is 10.0 Å². The summed E-state index contributed by atoms with van der Waals surface area (Å²) in [5, 5.41) is 0. The molecule has 1 aliphatic carbocycles. The summed E-state index contributed by atoms with van der Waals surface area (Å²) in [6, 6.07) is 2.81. The number of nitrogens with two attached hydrogens (primary N) is 1. The topological polar surface area (TPSA) is 75.4 Å². The summed E-state index contributed by atoms with van der Waals surface area (Å²) in [5.41, 5.74) is 5.51. The van der Waals surface area contributed by atoms with Crippen molar-refractivity contribution >= 4 is 31.6 Å². The van der Waals surface area contributed by atoms with Gasteiger partial charge in [0, 0.05) is 18.6 Å². The first-order chi connectivity index (χ1) is 9.72. The summed E-state index contributed by atoms with van der Waals surface area (Å²) in [6.07, 6.45) is 2.32. The van der Waals surface area contributed by atoms with Crippen LogP contribution in [0.3, 0.4) is 0 Å². The van der Waals surface area contributed by atoms with Crippen LogP contribution in [0, 0.1) is 5.82 Å². The van der Waals surface area contributed by atoms with E-state index in [1.165, 1.54) is 6.07 Å². The molecule has 0 spiro atoms. The molecule has 0 amide bonds. The molecule has 118 valence electrons. The first-order valence-corrected chi connectivity index (χ1v) is 8.96. The predicted octanol–water partition coefficient (Wildman–Crippen LogP) is 1.93. The highest BCUT2D eigenvalue weighted by Gasteiger charge is 2.30. The number of rotatable bonds is 6. The van der Waals surface area contributed by atoms with Gasteiger partial charge in [0.25, 0.3) is 0 Å². The number of nitrogen functional groups attached to an aromatic ring is 1. The largest absolute Gasteiger partial charge is 0.398 e. The third-order valence-corrected chi connectivity index (χ3v) is 5.82. The molecule has 1 aromatic rings. The fourth-order valence-corrected chi connectivity index (χ4v) is 3.82. The van der Waals surface area contributed by atoms with E-state index in [1.54, 1.807) is 0 Å². The van der Waals surface area contributed by atoms with Crippen LogP contribution in [0.15, 0.2) is 21.5 Å². The minimum absolute atomic E-state index is 0.0696. The summed E-state index contributed by atoms with van der Waals surface area (Å²) in [7, 11) is -1.78. The third-order valence-electron chi connectivity index (χ3n) is 3.73. The summed E-state index contributed by atoms with van der Waals surface area (Å²) in [5.74, 6) is -0.590. The molecule has 0 saturated heterocycles. The molecule has 1 unspecified atom stereocenters. The van der Waals surface area contributed by atoms with Crippen molar-refractivity contribution in [1.82, 2.24) is 9.62 Å². The molecule has 0 heterocycles. The second-order valence-corrected chi connectivity index (χ2v) is 7.99. The number of halogens is 2. The number of anilines is 1. The van der Waals surface area contributed by atoms with E-state index < -0.39 is 15.8 Å². The van der Waals surface area contributed by atoms with Gasteiger partial charge in [-0.25, -0.2) is 17.5 Å². The Morgan fingerprint density at radius 3 is 2.71 bits per heavy atom. The zero-order valence-corrected chi connectivity index (χ0v) is 14.3. The summed E-state index contributed by atoms with van der Waals surface area (Å²) in [4.78, 5) is 2.05. The van der Waals surface area contributed by atoms with Crippen LogP contribution in [0.1, 0.15) is 19.8 Å². The minimum Gasteiger partial charge on any atom is -0.398 e. The maximum absolute atomic E-state index is 13.3. The van der Waals surface area contributed by atoms with Crippen LogP contribution >= 0.6 is 15.9 Å². The summed E-state index contributed by atoms with van der Waals surface area (Å²) < 4.78 is 40.5. The SMILES string of the molecule is CC(CNS(=O)(=O)c1cc(Br)c(F)cc1N)N(C)C1CC1. The molecular formula is C13H19BrFN3O2S. The van der Waals surface area contributed by atoms with Gasteiger partial charge in [-0.05, 0) is 54.9 Å². The van der Waals surface area contributed by atoms with Crippen molar-refractivity contribution in [3.8, 4) is 0 Å². The third kappa shape index (κ3) is 3.94. The Balaban J connectivity index is 2.09. The second-order valence-electron chi connectivity index (χ2n) is 5.40. The van der Waals surface area contributed by atoms with Gasteiger partial charge in [-0.3, -0.25) is 4.90 Å². The highest BCUT2D eigenvalue weighted by molar-refractivity contribution is 9.10. The highest BCUT2D eigenvalue weighted by Crippen LogP contribution is 2.28. The number of likely N-dealkylation sites (N-methyl/N-ethyl adjacent to an activating group) is 1. The smallest absolute Gasteiger partial charge is 0.242 e. The normalized spacial score (nSPS) is 17.2. The fraction of sp³-hybridized carbons (Fsp3) is 0.538. The maximum atomic E-state index is 13.3. The van der Waals surface area contributed by atoms with Gasteiger partial charge in [0.05, 0.1) is 10.2 Å². The van der Waals surface area contributed by atoms with Gasteiger partial charge >= 0.3 is 0 Å². The van der Waals surface area contributed by atoms with Crippen molar-refractivity contribution < 1.29 is 12.8 Å². The molecule has 1 aromatic carbocycles. The molecule has 8 heteroatoms. The molecule has 1 fully saturated rings. The number of nitrogens with one attached hydrogen (secondary N) is 1. The molecule has 3 N–H and O–H groups in total. The Morgan fingerprint density at radius 2 is 2.14 bits per heavy atom. The van der Waals surface area contributed by atoms with E-state index >= 15 is 0 Å². The molecule has 1 aliphatic rings. The average Bonchev–Trinajstić information content (AvgIpc) is 3.23. The van der Waals surface area contributed by atoms with E-state index in [9.17, 15) is 12.8 Å². The molecule has 2 rings (SSSR count). The number of sulfonamides is 1. The van der Waals surface area contributed by atoms with Crippen LogP contribution in [0.4, 0.5) is 10.1 Å². The van der Waals surface area contributed by atoms with Gasteiger partial charge in [0.15, 0.2) is 0 Å². The second kappa shape index (κ2) is 6.20. The number of benzene rings is 1. The molecule has 0 bridgehead atoms. The zero-order valence-electron chi connectivity index (χ0n) is 11.9. The minimum atomic E-state index is -3.76. The first kappa shape index (κ1) is 16.7. The fourth-order valence-electron chi connectivity index (χ4n) is 2.07. The van der Waals surface area contributed by atoms with Gasteiger partial charge in [-0.1, -0.05) is 0 Å². The van der Waals surface area contributed by atoms with Crippen LogP contribution in [0.25, 0.3) is 0 Å². The zero-order chi connectivity index (χ0) is 15.8. The van der Waals surface area contributed by atoms with Crippen molar-refractivity contribution in [2.45, 2.75) is 36.7 Å². The average molecular weight is 380 g/mol.